The molecule has 6 heteroatoms. The Morgan fingerprint density at radius 1 is 1.36 bits per heavy atom. The Morgan fingerprint density at radius 2 is 2.00 bits per heavy atom. The number of aryl methyl sites for hydroxylation is 1. The molecule has 0 saturated heterocycles. The molecule has 0 unspecified atom stereocenters. The molecule has 1 aromatic carbocycles. The van der Waals surface area contributed by atoms with Crippen molar-refractivity contribution < 1.29 is 8.42 Å². The molecule has 0 spiro atoms. The predicted octanol–water partition coefficient (Wildman–Crippen LogP) is 3.21. The van der Waals surface area contributed by atoms with Crippen molar-refractivity contribution in [3.8, 4) is 0 Å². The number of hydrogen-bond donors (Lipinski definition) is 0. The topological polar surface area (TPSA) is 34.1 Å². The zero-order valence-electron chi connectivity index (χ0n) is 7.00. The SMILES string of the molecule is O=S(=O)(Cl)CCc1cc(Cl)ccc1Br. The van der Waals surface area contributed by atoms with Crippen LogP contribution in [0.15, 0.2) is 22.7 Å². The van der Waals surface area contributed by atoms with Crippen molar-refractivity contribution in [2.75, 3.05) is 5.75 Å². The van der Waals surface area contributed by atoms with Crippen LogP contribution >= 0.6 is 38.2 Å². The standard InChI is InChI=1S/C8H7BrCl2O2S/c9-8-2-1-7(10)5-6(8)3-4-14(11,12)13/h1-2,5H,3-4H2. The van der Waals surface area contributed by atoms with Gasteiger partial charge in [-0.1, -0.05) is 27.5 Å². The molecule has 1 rings (SSSR count). The summed E-state index contributed by atoms with van der Waals surface area (Å²) in [7, 11) is 1.66. The average Bonchev–Trinajstić information content (AvgIpc) is 2.05. The second-order valence-corrected chi connectivity index (χ2v) is 6.92. The van der Waals surface area contributed by atoms with Crippen molar-refractivity contribution >= 4 is 47.3 Å². The number of halogens is 3. The first-order valence-corrected chi connectivity index (χ1v) is 7.40. The van der Waals surface area contributed by atoms with E-state index in [1.165, 1.54) is 0 Å². The van der Waals surface area contributed by atoms with E-state index in [1.807, 2.05) is 0 Å². The molecule has 0 heterocycles. The van der Waals surface area contributed by atoms with Gasteiger partial charge in [0.1, 0.15) is 0 Å². The zero-order valence-corrected chi connectivity index (χ0v) is 10.9. The van der Waals surface area contributed by atoms with Crippen LogP contribution in [0.3, 0.4) is 0 Å². The lowest BCUT2D eigenvalue weighted by molar-refractivity contribution is 0.609. The van der Waals surface area contributed by atoms with Crippen molar-refractivity contribution in [1.82, 2.24) is 0 Å². The van der Waals surface area contributed by atoms with Gasteiger partial charge in [-0.15, -0.1) is 0 Å². The minimum Gasteiger partial charge on any atom is -0.212 e. The molecule has 0 N–H and O–H groups in total. The molecule has 1 aromatic rings. The van der Waals surface area contributed by atoms with Gasteiger partial charge < -0.3 is 0 Å². The van der Waals surface area contributed by atoms with Crippen LogP contribution in [0.2, 0.25) is 5.02 Å². The zero-order chi connectivity index (χ0) is 10.8. The van der Waals surface area contributed by atoms with Gasteiger partial charge >= 0.3 is 0 Å². The van der Waals surface area contributed by atoms with Crippen LogP contribution in [0.25, 0.3) is 0 Å². The minimum absolute atomic E-state index is 0.0898. The maximum atomic E-state index is 10.7. The van der Waals surface area contributed by atoms with Crippen molar-refractivity contribution in [2.45, 2.75) is 6.42 Å². The van der Waals surface area contributed by atoms with Gasteiger partial charge in [0.15, 0.2) is 0 Å². The number of rotatable bonds is 3. The molecule has 0 atom stereocenters. The normalized spacial score (nSPS) is 11.6. The van der Waals surface area contributed by atoms with Crippen LogP contribution in [0.5, 0.6) is 0 Å². The lowest BCUT2D eigenvalue weighted by Gasteiger charge is -2.03. The summed E-state index contributed by atoms with van der Waals surface area (Å²) in [5.74, 6) is -0.0898. The molecule has 2 nitrogen and oxygen atoms in total. The van der Waals surface area contributed by atoms with Gasteiger partial charge in [-0.05, 0) is 30.2 Å². The third-order valence-corrected chi connectivity index (χ3v) is 3.79. The Bertz CT molecular complexity index is 431. The Labute approximate surface area is 101 Å². The van der Waals surface area contributed by atoms with Gasteiger partial charge in [-0.2, -0.15) is 0 Å². The first-order chi connectivity index (χ1) is 6.38. The molecule has 0 aromatic heterocycles. The highest BCUT2D eigenvalue weighted by Gasteiger charge is 2.08. The minimum atomic E-state index is -3.44. The third kappa shape index (κ3) is 4.17. The summed E-state index contributed by atoms with van der Waals surface area (Å²) in [4.78, 5) is 0. The summed E-state index contributed by atoms with van der Waals surface area (Å²) in [6.45, 7) is 0. The molecular formula is C8H7BrCl2O2S. The maximum absolute atomic E-state index is 10.7. The average molecular weight is 318 g/mol. The van der Waals surface area contributed by atoms with E-state index in [0.717, 1.165) is 10.0 Å². The Balaban J connectivity index is 2.81. The highest BCUT2D eigenvalue weighted by Crippen LogP contribution is 2.22. The molecular weight excluding hydrogens is 311 g/mol. The second kappa shape index (κ2) is 4.84. The molecule has 14 heavy (non-hydrogen) atoms. The van der Waals surface area contributed by atoms with Gasteiger partial charge in [0.25, 0.3) is 0 Å². The van der Waals surface area contributed by atoms with E-state index in [2.05, 4.69) is 15.9 Å². The van der Waals surface area contributed by atoms with Crippen LogP contribution in [-0.4, -0.2) is 14.2 Å². The molecule has 0 radical (unpaired) electrons. The predicted molar refractivity (Wildman–Crippen MR) is 62.5 cm³/mol. The monoisotopic (exact) mass is 316 g/mol. The van der Waals surface area contributed by atoms with E-state index in [4.69, 9.17) is 22.3 Å². The smallest absolute Gasteiger partial charge is 0.212 e. The van der Waals surface area contributed by atoms with E-state index < -0.39 is 9.05 Å². The van der Waals surface area contributed by atoms with E-state index in [9.17, 15) is 8.42 Å². The fraction of sp³-hybridized carbons (Fsp3) is 0.250. The second-order valence-electron chi connectivity index (χ2n) is 2.73. The quantitative estimate of drug-likeness (QED) is 0.802. The molecule has 0 bridgehead atoms. The summed E-state index contributed by atoms with van der Waals surface area (Å²) < 4.78 is 22.3. The maximum Gasteiger partial charge on any atom is 0.232 e. The number of benzene rings is 1. The highest BCUT2D eigenvalue weighted by atomic mass is 79.9. The van der Waals surface area contributed by atoms with Gasteiger partial charge in [0.05, 0.1) is 5.75 Å². The summed E-state index contributed by atoms with van der Waals surface area (Å²) >= 11 is 9.07. The van der Waals surface area contributed by atoms with Crippen LogP contribution in [0.4, 0.5) is 0 Å². The van der Waals surface area contributed by atoms with E-state index in [1.54, 1.807) is 18.2 Å². The summed E-state index contributed by atoms with van der Waals surface area (Å²) in [6.07, 6.45) is 0.354. The van der Waals surface area contributed by atoms with Crippen molar-refractivity contribution in [1.29, 1.82) is 0 Å². The molecule has 78 valence electrons. The molecule has 0 saturated carbocycles. The first kappa shape index (κ1) is 12.3. The van der Waals surface area contributed by atoms with Crippen molar-refractivity contribution in [2.24, 2.45) is 0 Å². The Kier molecular flexibility index (Phi) is 4.25. The molecule has 0 aliphatic heterocycles. The third-order valence-electron chi connectivity index (χ3n) is 1.62. The fourth-order valence-electron chi connectivity index (χ4n) is 0.967. The van der Waals surface area contributed by atoms with E-state index in [0.29, 0.717) is 11.4 Å². The van der Waals surface area contributed by atoms with Gasteiger partial charge in [-0.25, -0.2) is 8.42 Å². The van der Waals surface area contributed by atoms with E-state index in [-0.39, 0.29) is 5.75 Å². The largest absolute Gasteiger partial charge is 0.232 e. The molecule has 0 aliphatic rings. The lowest BCUT2D eigenvalue weighted by Crippen LogP contribution is -2.01. The van der Waals surface area contributed by atoms with Crippen molar-refractivity contribution in [3.05, 3.63) is 33.3 Å². The summed E-state index contributed by atoms with van der Waals surface area (Å²) in [5.41, 5.74) is 0.835. The molecule has 0 aliphatic carbocycles. The van der Waals surface area contributed by atoms with Crippen LogP contribution in [0.1, 0.15) is 5.56 Å². The molecule has 0 fully saturated rings. The van der Waals surface area contributed by atoms with Gasteiger partial charge in [-0.3, -0.25) is 0 Å². The van der Waals surface area contributed by atoms with Crippen LogP contribution in [-0.2, 0) is 15.5 Å². The van der Waals surface area contributed by atoms with Gasteiger partial charge in [0, 0.05) is 20.2 Å². The van der Waals surface area contributed by atoms with E-state index >= 15 is 0 Å². The summed E-state index contributed by atoms with van der Waals surface area (Å²) in [6, 6.07) is 5.22. The highest BCUT2D eigenvalue weighted by molar-refractivity contribution is 9.10. The number of hydrogen-bond acceptors (Lipinski definition) is 2. The Morgan fingerprint density at radius 3 is 2.57 bits per heavy atom. The summed E-state index contributed by atoms with van der Waals surface area (Å²) in [5, 5.41) is 0.579. The fourth-order valence-corrected chi connectivity index (χ4v) is 2.30. The van der Waals surface area contributed by atoms with Crippen molar-refractivity contribution in [3.63, 3.8) is 0 Å². The molecule has 0 amide bonds. The first-order valence-electron chi connectivity index (χ1n) is 3.75. The lowest BCUT2D eigenvalue weighted by atomic mass is 10.2. The van der Waals surface area contributed by atoms with Gasteiger partial charge in [0.2, 0.25) is 9.05 Å². The van der Waals surface area contributed by atoms with Crippen LogP contribution in [0, 0.1) is 0 Å². The Hall–Kier alpha value is 0.230. The van der Waals surface area contributed by atoms with Crippen LogP contribution < -0.4 is 0 Å².